The van der Waals surface area contributed by atoms with Crippen molar-refractivity contribution in [3.05, 3.63) is 91.7 Å². The predicted molar refractivity (Wildman–Crippen MR) is 119 cm³/mol. The van der Waals surface area contributed by atoms with Gasteiger partial charge in [0, 0.05) is 30.6 Å². The van der Waals surface area contributed by atoms with Crippen molar-refractivity contribution in [1.82, 2.24) is 0 Å². The molecule has 1 aliphatic heterocycles. The van der Waals surface area contributed by atoms with Crippen molar-refractivity contribution in [3.63, 3.8) is 0 Å². The lowest BCUT2D eigenvalue weighted by Gasteiger charge is -2.31. The summed E-state index contributed by atoms with van der Waals surface area (Å²) in [5.74, 6) is -1.26. The Morgan fingerprint density at radius 1 is 0.938 bits per heavy atom. The first kappa shape index (κ1) is 21.5. The fraction of sp³-hybridized carbons (Fsp3) is 0.250. The average molecular weight is 434 g/mol. The van der Waals surface area contributed by atoms with Crippen LogP contribution in [0.2, 0.25) is 0 Å². The molecule has 8 nitrogen and oxygen atoms in total. The molecule has 1 saturated heterocycles. The third kappa shape index (κ3) is 4.31. The van der Waals surface area contributed by atoms with E-state index in [0.29, 0.717) is 43.0 Å². The minimum Gasteiger partial charge on any atom is -0.480 e. The molecular weight excluding hydrogens is 412 g/mol. The largest absolute Gasteiger partial charge is 0.480 e. The number of nitrogens with zero attached hydrogens (tertiary/aromatic N) is 1. The van der Waals surface area contributed by atoms with Crippen molar-refractivity contribution in [3.8, 4) is 0 Å². The summed E-state index contributed by atoms with van der Waals surface area (Å²) in [7, 11) is 0. The smallest absolute Gasteiger partial charge is 0.326 e. The Kier molecular flexibility index (Phi) is 6.13. The molecule has 3 aromatic carbocycles. The van der Waals surface area contributed by atoms with Crippen LogP contribution in [0.5, 0.6) is 0 Å². The molecule has 1 unspecified atom stereocenters. The van der Waals surface area contributed by atoms with E-state index in [1.165, 1.54) is 0 Å². The van der Waals surface area contributed by atoms with E-state index in [1.54, 1.807) is 53.4 Å². The number of ether oxygens (including phenoxy) is 1. The number of aliphatic carboxylic acids is 1. The van der Waals surface area contributed by atoms with Crippen molar-refractivity contribution in [2.75, 3.05) is 36.5 Å². The molecule has 2 N–H and O–H groups in total. The summed E-state index contributed by atoms with van der Waals surface area (Å²) in [6, 6.07) is 14.5. The van der Waals surface area contributed by atoms with Gasteiger partial charge in [0.1, 0.15) is 17.4 Å². The quantitative estimate of drug-likeness (QED) is 0.405. The molecule has 164 valence electrons. The summed E-state index contributed by atoms with van der Waals surface area (Å²) in [5, 5.41) is 12.4. The Labute approximate surface area is 183 Å². The molecule has 0 amide bonds. The third-order valence-corrected chi connectivity index (χ3v) is 5.52. The fourth-order valence-corrected chi connectivity index (χ4v) is 3.76. The maximum atomic E-state index is 12.5. The molecule has 0 aromatic heterocycles. The van der Waals surface area contributed by atoms with E-state index in [4.69, 9.17) is 4.74 Å². The number of ketones is 1. The van der Waals surface area contributed by atoms with Crippen LogP contribution in [-0.4, -0.2) is 49.2 Å². The fourth-order valence-electron chi connectivity index (χ4n) is 3.76. The van der Waals surface area contributed by atoms with E-state index in [1.807, 2.05) is 6.07 Å². The van der Waals surface area contributed by atoms with Crippen LogP contribution >= 0.6 is 0 Å². The van der Waals surface area contributed by atoms with Crippen LogP contribution in [-0.2, 0) is 16.0 Å². The predicted octanol–water partition coefficient (Wildman–Crippen LogP) is 1.46. The minimum atomic E-state index is -1.14. The highest BCUT2D eigenvalue weighted by atomic mass is 16.5. The first-order chi connectivity index (χ1) is 15.5. The second-order valence-electron chi connectivity index (χ2n) is 7.61. The van der Waals surface area contributed by atoms with Crippen molar-refractivity contribution < 1.29 is 19.4 Å². The monoisotopic (exact) mass is 434 g/mol. The van der Waals surface area contributed by atoms with Gasteiger partial charge in [-0.2, -0.15) is 0 Å². The molecule has 0 radical (unpaired) electrons. The van der Waals surface area contributed by atoms with E-state index in [-0.39, 0.29) is 23.6 Å². The van der Waals surface area contributed by atoms with Crippen LogP contribution in [0.3, 0.4) is 0 Å². The zero-order valence-electron chi connectivity index (χ0n) is 17.2. The highest BCUT2D eigenvalue weighted by Crippen LogP contribution is 2.23. The first-order valence-corrected chi connectivity index (χ1v) is 10.3. The second kappa shape index (κ2) is 9.15. The second-order valence-corrected chi connectivity index (χ2v) is 7.61. The zero-order valence-corrected chi connectivity index (χ0v) is 17.2. The SMILES string of the molecule is O=C(c1ccccc1)c1ccc(CC(Nc2c(N3CCOCC3)c(=O)c2=O)C(=O)O)cc1. The van der Waals surface area contributed by atoms with Crippen LogP contribution in [0.15, 0.2) is 64.2 Å². The Balaban J connectivity index is 1.49. The van der Waals surface area contributed by atoms with Crippen molar-refractivity contribution in [2.45, 2.75) is 12.5 Å². The summed E-state index contributed by atoms with van der Waals surface area (Å²) in [4.78, 5) is 50.3. The number of carboxylic acids is 1. The number of morpholine rings is 1. The Hall–Kier alpha value is -3.78. The number of hydrogen-bond donors (Lipinski definition) is 2. The number of nitrogens with one attached hydrogen (secondary N) is 1. The number of carboxylic acid groups (broad SMARTS) is 1. The number of benzene rings is 2. The molecule has 0 aliphatic carbocycles. The molecule has 0 spiro atoms. The molecule has 8 heteroatoms. The molecule has 3 aromatic rings. The average Bonchev–Trinajstić information content (AvgIpc) is 2.83. The Morgan fingerprint density at radius 2 is 1.56 bits per heavy atom. The van der Waals surface area contributed by atoms with Gasteiger partial charge in [0.05, 0.1) is 13.2 Å². The van der Waals surface area contributed by atoms with Crippen LogP contribution in [0.25, 0.3) is 0 Å². The third-order valence-electron chi connectivity index (χ3n) is 5.52. The van der Waals surface area contributed by atoms with E-state index in [2.05, 4.69) is 5.32 Å². The van der Waals surface area contributed by atoms with Gasteiger partial charge in [-0.05, 0) is 5.56 Å². The number of anilines is 2. The van der Waals surface area contributed by atoms with Gasteiger partial charge in [0.15, 0.2) is 5.78 Å². The summed E-state index contributed by atoms with van der Waals surface area (Å²) in [6.07, 6.45) is 0.0799. The van der Waals surface area contributed by atoms with Gasteiger partial charge in [0.25, 0.3) is 10.9 Å². The summed E-state index contributed by atoms with van der Waals surface area (Å²) >= 11 is 0. The van der Waals surface area contributed by atoms with Gasteiger partial charge in [-0.15, -0.1) is 0 Å². The standard InChI is InChI=1S/C24H22N2O6/c27-21(16-4-2-1-3-5-16)17-8-6-15(7-9-17)14-18(24(30)31)25-19-20(23(29)22(19)28)26-10-12-32-13-11-26/h1-9,18,25H,10-14H2,(H,30,31). The normalized spacial score (nSPS) is 14.8. The number of rotatable bonds is 8. The first-order valence-electron chi connectivity index (χ1n) is 10.3. The van der Waals surface area contributed by atoms with Gasteiger partial charge in [-0.25, -0.2) is 4.79 Å². The van der Waals surface area contributed by atoms with Crippen molar-refractivity contribution in [1.29, 1.82) is 0 Å². The van der Waals surface area contributed by atoms with E-state index >= 15 is 0 Å². The highest BCUT2D eigenvalue weighted by molar-refractivity contribution is 6.08. The van der Waals surface area contributed by atoms with Crippen molar-refractivity contribution in [2.24, 2.45) is 0 Å². The highest BCUT2D eigenvalue weighted by Gasteiger charge is 2.30. The molecule has 4 rings (SSSR count). The van der Waals surface area contributed by atoms with Crippen LogP contribution in [0.4, 0.5) is 11.4 Å². The van der Waals surface area contributed by atoms with E-state index in [0.717, 1.165) is 0 Å². The molecule has 1 aliphatic rings. The molecule has 32 heavy (non-hydrogen) atoms. The van der Waals surface area contributed by atoms with Crippen LogP contribution in [0, 0.1) is 0 Å². The van der Waals surface area contributed by atoms with Gasteiger partial charge in [0.2, 0.25) is 0 Å². The topological polar surface area (TPSA) is 113 Å². The van der Waals surface area contributed by atoms with Gasteiger partial charge < -0.3 is 20.1 Å². The maximum absolute atomic E-state index is 12.5. The Bertz CT molecular complexity index is 1190. The van der Waals surface area contributed by atoms with Crippen LogP contribution < -0.4 is 21.1 Å². The van der Waals surface area contributed by atoms with E-state index in [9.17, 15) is 24.3 Å². The maximum Gasteiger partial charge on any atom is 0.326 e. The molecule has 0 bridgehead atoms. The number of hydrogen-bond acceptors (Lipinski definition) is 7. The summed E-state index contributed by atoms with van der Waals surface area (Å²) < 4.78 is 5.27. The van der Waals surface area contributed by atoms with Crippen molar-refractivity contribution >= 4 is 23.1 Å². The molecule has 0 saturated carbocycles. The van der Waals surface area contributed by atoms with E-state index < -0.39 is 22.9 Å². The molecule has 1 fully saturated rings. The number of carbonyl (C=O) groups excluding carboxylic acids is 1. The lowest BCUT2D eigenvalue weighted by atomic mass is 9.99. The summed E-state index contributed by atoms with van der Waals surface area (Å²) in [6.45, 7) is 1.81. The summed E-state index contributed by atoms with van der Waals surface area (Å²) in [5.41, 5.74) is 0.705. The van der Waals surface area contributed by atoms with Gasteiger partial charge in [-0.3, -0.25) is 14.4 Å². The molecular formula is C24H22N2O6. The van der Waals surface area contributed by atoms with Gasteiger partial charge in [-0.1, -0.05) is 54.6 Å². The lowest BCUT2D eigenvalue weighted by molar-refractivity contribution is -0.137. The lowest BCUT2D eigenvalue weighted by Crippen LogP contribution is -2.48. The van der Waals surface area contributed by atoms with Crippen LogP contribution in [0.1, 0.15) is 21.5 Å². The Morgan fingerprint density at radius 3 is 2.19 bits per heavy atom. The molecule has 1 atom stereocenters. The molecule has 1 heterocycles. The van der Waals surface area contributed by atoms with Gasteiger partial charge >= 0.3 is 5.97 Å². The zero-order chi connectivity index (χ0) is 22.7. The minimum absolute atomic E-state index is 0.0418. The number of carbonyl (C=O) groups is 2.